The summed E-state index contributed by atoms with van der Waals surface area (Å²) in [5, 5.41) is 5.21. The number of amides is 2. The second-order valence-electron chi connectivity index (χ2n) is 5.00. The first-order valence-corrected chi connectivity index (χ1v) is 7.67. The number of halogens is 1. The molecule has 26 heavy (non-hydrogen) atoms. The number of ether oxygens (including phenoxy) is 3. The Morgan fingerprint density at radius 3 is 2.31 bits per heavy atom. The fourth-order valence-corrected chi connectivity index (χ4v) is 2.16. The Hall–Kier alpha value is -3.40. The van der Waals surface area contributed by atoms with Crippen LogP contribution >= 0.6 is 0 Å². The molecule has 2 rings (SSSR count). The lowest BCUT2D eigenvalue weighted by Crippen LogP contribution is -2.28. The average molecular weight is 358 g/mol. The maximum Gasteiger partial charge on any atom is 0.319 e. The van der Waals surface area contributed by atoms with Gasteiger partial charge in [0.1, 0.15) is 5.82 Å². The predicted molar refractivity (Wildman–Crippen MR) is 96.4 cm³/mol. The summed E-state index contributed by atoms with van der Waals surface area (Å²) in [5.41, 5.74) is 0.735. The first-order valence-electron chi connectivity index (χ1n) is 7.67. The van der Waals surface area contributed by atoms with Gasteiger partial charge in [0.25, 0.3) is 0 Å². The molecule has 0 spiro atoms. The largest absolute Gasteiger partial charge is 0.493 e. The maximum absolute atomic E-state index is 13.4. The number of carbonyl (C=O) groups is 1. The van der Waals surface area contributed by atoms with Gasteiger partial charge in [-0.15, -0.1) is 0 Å². The summed E-state index contributed by atoms with van der Waals surface area (Å²) in [6.45, 7) is 0.0601. The lowest BCUT2D eigenvalue weighted by Gasteiger charge is -2.14. The lowest BCUT2D eigenvalue weighted by molar-refractivity contribution is 0.253. The fraction of sp³-hybridized carbons (Fsp3) is 0.211. The predicted octanol–water partition coefficient (Wildman–Crippen LogP) is 3.02. The molecule has 2 N–H and O–H groups in total. The van der Waals surface area contributed by atoms with Gasteiger partial charge < -0.3 is 24.8 Å². The van der Waals surface area contributed by atoms with E-state index >= 15 is 0 Å². The van der Waals surface area contributed by atoms with Crippen molar-refractivity contribution in [3.63, 3.8) is 0 Å². The number of carbonyl (C=O) groups excluding carboxylic acids is 1. The molecule has 0 aliphatic carbocycles. The molecule has 7 heteroatoms. The Morgan fingerprint density at radius 1 is 1.08 bits per heavy atom. The quantitative estimate of drug-likeness (QED) is 0.806. The number of methoxy groups -OCH3 is 3. The summed E-state index contributed by atoms with van der Waals surface area (Å²) in [4.78, 5) is 12.0. The maximum atomic E-state index is 13.4. The molecule has 0 aromatic heterocycles. The molecule has 0 heterocycles. The van der Waals surface area contributed by atoms with Crippen molar-refractivity contribution in [3.8, 4) is 29.1 Å². The molecule has 6 nitrogen and oxygen atoms in total. The van der Waals surface area contributed by atoms with E-state index in [-0.39, 0.29) is 12.1 Å². The smallest absolute Gasteiger partial charge is 0.319 e. The van der Waals surface area contributed by atoms with E-state index in [1.807, 2.05) is 0 Å². The summed E-state index contributed by atoms with van der Waals surface area (Å²) in [6, 6.07) is 8.91. The minimum Gasteiger partial charge on any atom is -0.493 e. The van der Waals surface area contributed by atoms with Crippen molar-refractivity contribution in [1.29, 1.82) is 0 Å². The third-order valence-corrected chi connectivity index (χ3v) is 3.36. The topological polar surface area (TPSA) is 68.8 Å². The third-order valence-electron chi connectivity index (χ3n) is 3.36. The van der Waals surface area contributed by atoms with Crippen LogP contribution in [0.4, 0.5) is 14.9 Å². The van der Waals surface area contributed by atoms with E-state index in [0.717, 1.165) is 0 Å². The molecule has 0 atom stereocenters. The average Bonchev–Trinajstić information content (AvgIpc) is 2.65. The van der Waals surface area contributed by atoms with Gasteiger partial charge in [-0.1, -0.05) is 24.0 Å². The number of rotatable bonds is 5. The highest BCUT2D eigenvalue weighted by Gasteiger charge is 2.14. The van der Waals surface area contributed by atoms with E-state index in [4.69, 9.17) is 14.2 Å². The summed E-state index contributed by atoms with van der Waals surface area (Å²) in [5.74, 6) is 6.21. The highest BCUT2D eigenvalue weighted by atomic mass is 19.1. The molecule has 0 bridgehead atoms. The van der Waals surface area contributed by atoms with Crippen molar-refractivity contribution in [1.82, 2.24) is 5.32 Å². The minimum absolute atomic E-state index is 0.0601. The van der Waals surface area contributed by atoms with Crippen LogP contribution in [-0.4, -0.2) is 33.9 Å². The van der Waals surface area contributed by atoms with Crippen LogP contribution in [0.15, 0.2) is 36.4 Å². The number of nitrogens with one attached hydrogen (secondary N) is 2. The molecule has 0 unspecified atom stereocenters. The molecule has 2 amide bonds. The lowest BCUT2D eigenvalue weighted by atomic mass is 10.2. The summed E-state index contributed by atoms with van der Waals surface area (Å²) in [7, 11) is 4.47. The summed E-state index contributed by atoms with van der Waals surface area (Å²) < 4.78 is 29.1. The number of urea groups is 1. The van der Waals surface area contributed by atoms with Crippen molar-refractivity contribution in [2.45, 2.75) is 0 Å². The Morgan fingerprint density at radius 2 is 1.73 bits per heavy atom. The van der Waals surface area contributed by atoms with Gasteiger partial charge in [0.2, 0.25) is 5.75 Å². The molecule has 0 radical (unpaired) electrons. The van der Waals surface area contributed by atoms with E-state index in [9.17, 15) is 9.18 Å². The van der Waals surface area contributed by atoms with Gasteiger partial charge in [0.15, 0.2) is 11.5 Å². The molecule has 136 valence electrons. The van der Waals surface area contributed by atoms with Crippen molar-refractivity contribution in [3.05, 3.63) is 47.8 Å². The van der Waals surface area contributed by atoms with Crippen LogP contribution < -0.4 is 24.8 Å². The van der Waals surface area contributed by atoms with E-state index in [2.05, 4.69) is 22.5 Å². The Kier molecular flexibility index (Phi) is 6.68. The van der Waals surface area contributed by atoms with Gasteiger partial charge in [-0.05, 0) is 12.1 Å². The van der Waals surface area contributed by atoms with E-state index in [1.54, 1.807) is 30.3 Å². The normalized spacial score (nSPS) is 9.54. The van der Waals surface area contributed by atoms with Crippen LogP contribution in [0.5, 0.6) is 17.2 Å². The summed E-state index contributed by atoms with van der Waals surface area (Å²) >= 11 is 0. The molecule has 0 aliphatic heterocycles. The van der Waals surface area contributed by atoms with Crippen LogP contribution in [0.25, 0.3) is 0 Å². The van der Waals surface area contributed by atoms with Crippen LogP contribution in [0, 0.1) is 17.7 Å². The van der Waals surface area contributed by atoms with Crippen LogP contribution in [0.2, 0.25) is 0 Å². The SMILES string of the molecule is COc1cc(NC(=O)NCC#Cc2ccccc2F)cc(OC)c1OC. The van der Waals surface area contributed by atoms with E-state index < -0.39 is 11.8 Å². The van der Waals surface area contributed by atoms with E-state index in [0.29, 0.717) is 22.9 Å². The zero-order valence-electron chi connectivity index (χ0n) is 14.7. The first kappa shape index (κ1) is 18.9. The second kappa shape index (κ2) is 9.18. The van der Waals surface area contributed by atoms with Crippen LogP contribution in [0.3, 0.4) is 0 Å². The Labute approximate surface area is 151 Å². The highest BCUT2D eigenvalue weighted by Crippen LogP contribution is 2.39. The number of hydrogen-bond donors (Lipinski definition) is 2. The van der Waals surface area contributed by atoms with Crippen LogP contribution in [-0.2, 0) is 0 Å². The molecule has 0 aliphatic rings. The molecule has 0 saturated heterocycles. The third kappa shape index (κ3) is 4.80. The Bertz CT molecular complexity index is 818. The highest BCUT2D eigenvalue weighted by molar-refractivity contribution is 5.90. The number of benzene rings is 2. The Balaban J connectivity index is 1.99. The molecule has 2 aromatic carbocycles. The van der Waals surface area contributed by atoms with E-state index in [1.165, 1.54) is 27.4 Å². The molecule has 0 saturated carbocycles. The monoisotopic (exact) mass is 358 g/mol. The molecular weight excluding hydrogens is 339 g/mol. The minimum atomic E-state index is -0.470. The van der Waals surface area contributed by atoms with Gasteiger partial charge >= 0.3 is 6.03 Å². The fourth-order valence-electron chi connectivity index (χ4n) is 2.16. The van der Waals surface area contributed by atoms with Gasteiger partial charge in [-0.3, -0.25) is 0 Å². The first-order chi connectivity index (χ1) is 12.6. The second-order valence-corrected chi connectivity index (χ2v) is 5.00. The van der Waals surface area contributed by atoms with Crippen molar-refractivity contribution >= 4 is 11.7 Å². The van der Waals surface area contributed by atoms with Gasteiger partial charge in [-0.25, -0.2) is 9.18 Å². The van der Waals surface area contributed by atoms with Crippen molar-refractivity contribution in [2.24, 2.45) is 0 Å². The van der Waals surface area contributed by atoms with Gasteiger partial charge in [0.05, 0.1) is 39.1 Å². The summed E-state index contributed by atoms with van der Waals surface area (Å²) in [6.07, 6.45) is 0. The molecular formula is C19H19FN2O4. The standard InChI is InChI=1S/C19H19FN2O4/c1-24-16-11-14(12-17(25-2)18(16)26-3)22-19(23)21-10-6-8-13-7-4-5-9-15(13)20/h4-5,7,9,11-12H,10H2,1-3H3,(H2,21,22,23). The zero-order valence-corrected chi connectivity index (χ0v) is 14.7. The van der Waals surface area contributed by atoms with Gasteiger partial charge in [0, 0.05) is 12.1 Å². The number of hydrogen-bond acceptors (Lipinski definition) is 4. The number of anilines is 1. The zero-order chi connectivity index (χ0) is 18.9. The molecule has 0 fully saturated rings. The van der Waals surface area contributed by atoms with Crippen molar-refractivity contribution < 1.29 is 23.4 Å². The van der Waals surface area contributed by atoms with Gasteiger partial charge in [-0.2, -0.15) is 0 Å². The van der Waals surface area contributed by atoms with Crippen molar-refractivity contribution in [2.75, 3.05) is 33.2 Å². The van der Waals surface area contributed by atoms with Crippen LogP contribution in [0.1, 0.15) is 5.56 Å². The molecule has 2 aromatic rings.